The highest BCUT2D eigenvalue weighted by atomic mass is 16.2. The molecule has 1 spiro atoms. The fourth-order valence-electron chi connectivity index (χ4n) is 3.37. The van der Waals surface area contributed by atoms with Gasteiger partial charge in [0.05, 0.1) is 0 Å². The highest BCUT2D eigenvalue weighted by molar-refractivity contribution is 6.07. The molecule has 2 rings (SSSR count). The van der Waals surface area contributed by atoms with Crippen molar-refractivity contribution in [1.82, 2.24) is 10.6 Å². The van der Waals surface area contributed by atoms with Crippen molar-refractivity contribution < 1.29 is 9.59 Å². The number of carbonyl (C=O) groups is 2. The van der Waals surface area contributed by atoms with E-state index in [1.807, 2.05) is 0 Å². The van der Waals surface area contributed by atoms with Crippen LogP contribution in [0.5, 0.6) is 0 Å². The molecule has 15 heavy (non-hydrogen) atoms. The van der Waals surface area contributed by atoms with Crippen LogP contribution in [-0.4, -0.2) is 17.5 Å². The summed E-state index contributed by atoms with van der Waals surface area (Å²) in [5.41, 5.74) is -0.523. The van der Waals surface area contributed by atoms with Gasteiger partial charge in [0.2, 0.25) is 0 Å². The Morgan fingerprint density at radius 2 is 1.93 bits per heavy atom. The molecule has 0 aromatic heterocycles. The summed E-state index contributed by atoms with van der Waals surface area (Å²) in [5.74, 6) is 0.324. The highest BCUT2D eigenvalue weighted by Gasteiger charge is 2.52. The Hall–Kier alpha value is -1.06. The van der Waals surface area contributed by atoms with Crippen molar-refractivity contribution in [2.75, 3.05) is 0 Å². The van der Waals surface area contributed by atoms with Gasteiger partial charge in [-0.1, -0.05) is 20.8 Å². The molecule has 3 amide bonds. The molecule has 2 N–H and O–H groups in total. The summed E-state index contributed by atoms with van der Waals surface area (Å²) in [6.45, 7) is 6.45. The van der Waals surface area contributed by atoms with E-state index < -0.39 is 5.54 Å². The van der Waals surface area contributed by atoms with Gasteiger partial charge in [0.1, 0.15) is 5.54 Å². The van der Waals surface area contributed by atoms with E-state index in [0.29, 0.717) is 5.92 Å². The summed E-state index contributed by atoms with van der Waals surface area (Å²) in [6, 6.07) is -0.343. The van der Waals surface area contributed by atoms with Gasteiger partial charge in [0.25, 0.3) is 5.91 Å². The zero-order valence-electron chi connectivity index (χ0n) is 9.52. The van der Waals surface area contributed by atoms with Gasteiger partial charge in [-0.3, -0.25) is 10.1 Å². The van der Waals surface area contributed by atoms with Crippen LogP contribution in [0.25, 0.3) is 0 Å². The smallest absolute Gasteiger partial charge is 0.322 e. The summed E-state index contributed by atoms with van der Waals surface area (Å²) in [5, 5.41) is 5.15. The lowest BCUT2D eigenvalue weighted by molar-refractivity contribution is -0.127. The molecule has 0 radical (unpaired) electrons. The molecule has 0 aromatic carbocycles. The van der Waals surface area contributed by atoms with E-state index >= 15 is 0 Å². The third-order valence-electron chi connectivity index (χ3n) is 3.39. The van der Waals surface area contributed by atoms with Gasteiger partial charge >= 0.3 is 6.03 Å². The van der Waals surface area contributed by atoms with Crippen LogP contribution in [0.2, 0.25) is 0 Å². The zero-order chi connectivity index (χ0) is 11.3. The van der Waals surface area contributed by atoms with Gasteiger partial charge in [0, 0.05) is 0 Å². The van der Waals surface area contributed by atoms with Gasteiger partial charge in [-0.25, -0.2) is 4.79 Å². The van der Waals surface area contributed by atoms with Crippen molar-refractivity contribution >= 4 is 11.9 Å². The number of nitrogens with one attached hydrogen (secondary N) is 2. The van der Waals surface area contributed by atoms with E-state index in [1.54, 1.807) is 0 Å². The number of amides is 3. The van der Waals surface area contributed by atoms with Crippen LogP contribution in [0.15, 0.2) is 0 Å². The van der Waals surface area contributed by atoms with Gasteiger partial charge < -0.3 is 5.32 Å². The van der Waals surface area contributed by atoms with Crippen LogP contribution >= 0.6 is 0 Å². The van der Waals surface area contributed by atoms with E-state index in [4.69, 9.17) is 0 Å². The molecule has 2 fully saturated rings. The number of hydrogen-bond acceptors (Lipinski definition) is 2. The van der Waals surface area contributed by atoms with Crippen LogP contribution in [0, 0.1) is 11.3 Å². The molecule has 1 saturated carbocycles. The van der Waals surface area contributed by atoms with Crippen LogP contribution in [0.4, 0.5) is 4.79 Å². The van der Waals surface area contributed by atoms with E-state index in [-0.39, 0.29) is 17.4 Å². The molecule has 1 saturated heterocycles. The van der Waals surface area contributed by atoms with Gasteiger partial charge in [-0.05, 0) is 30.6 Å². The number of rotatable bonds is 0. The van der Waals surface area contributed by atoms with Crippen molar-refractivity contribution in [1.29, 1.82) is 0 Å². The molecule has 0 bridgehead atoms. The van der Waals surface area contributed by atoms with Crippen LogP contribution in [0.3, 0.4) is 0 Å². The number of hydrogen-bond donors (Lipinski definition) is 2. The average molecular weight is 210 g/mol. The van der Waals surface area contributed by atoms with Crippen LogP contribution in [0.1, 0.15) is 40.0 Å². The second-order valence-corrected chi connectivity index (χ2v) is 5.84. The fourth-order valence-corrected chi connectivity index (χ4v) is 3.37. The van der Waals surface area contributed by atoms with Gasteiger partial charge in [-0.2, -0.15) is 0 Å². The van der Waals surface area contributed by atoms with Crippen molar-refractivity contribution in [3.05, 3.63) is 0 Å². The Morgan fingerprint density at radius 1 is 1.27 bits per heavy atom. The molecule has 1 aliphatic carbocycles. The van der Waals surface area contributed by atoms with Crippen LogP contribution in [-0.2, 0) is 4.79 Å². The maximum absolute atomic E-state index is 11.8. The minimum absolute atomic E-state index is 0.118. The Balaban J connectivity index is 2.28. The first-order valence-corrected chi connectivity index (χ1v) is 5.47. The second kappa shape index (κ2) is 2.97. The number of carbonyl (C=O) groups excluding carboxylic acids is 2. The molecule has 2 atom stereocenters. The molecule has 2 aliphatic rings. The Bertz CT molecular complexity index is 325. The first-order chi connectivity index (χ1) is 6.83. The molecule has 0 aromatic rings. The zero-order valence-corrected chi connectivity index (χ0v) is 9.52. The molecular formula is C11H18N2O2. The second-order valence-electron chi connectivity index (χ2n) is 5.84. The van der Waals surface area contributed by atoms with Crippen molar-refractivity contribution in [2.45, 2.75) is 45.6 Å². The summed E-state index contributed by atoms with van der Waals surface area (Å²) in [4.78, 5) is 23.0. The normalized spacial score (nSPS) is 39.0. The first kappa shape index (κ1) is 10.5. The Kier molecular flexibility index (Phi) is 2.07. The van der Waals surface area contributed by atoms with Gasteiger partial charge in [-0.15, -0.1) is 0 Å². The minimum atomic E-state index is -0.641. The molecule has 1 aliphatic heterocycles. The SMILES string of the molecule is C[C@H]1CC(C)(C)C[C@@]2(C1)NC(=O)NC2=O. The van der Waals surface area contributed by atoms with Crippen molar-refractivity contribution in [3.8, 4) is 0 Å². The van der Waals surface area contributed by atoms with E-state index in [9.17, 15) is 9.59 Å². The van der Waals surface area contributed by atoms with E-state index in [2.05, 4.69) is 31.4 Å². The van der Waals surface area contributed by atoms with Gasteiger partial charge in [0.15, 0.2) is 0 Å². The van der Waals surface area contributed by atoms with Crippen LogP contribution < -0.4 is 10.6 Å². The third kappa shape index (κ3) is 1.73. The lowest BCUT2D eigenvalue weighted by Gasteiger charge is -2.43. The predicted octanol–water partition coefficient (Wildman–Crippen LogP) is 1.41. The molecule has 0 unspecified atom stereocenters. The molecular weight excluding hydrogens is 192 g/mol. The van der Waals surface area contributed by atoms with E-state index in [1.165, 1.54) is 0 Å². The lowest BCUT2D eigenvalue weighted by Crippen LogP contribution is -2.54. The van der Waals surface area contributed by atoms with Crippen molar-refractivity contribution in [3.63, 3.8) is 0 Å². The quantitative estimate of drug-likeness (QED) is 0.594. The maximum atomic E-state index is 11.8. The van der Waals surface area contributed by atoms with E-state index in [0.717, 1.165) is 19.3 Å². The third-order valence-corrected chi connectivity index (χ3v) is 3.39. The Morgan fingerprint density at radius 3 is 2.40 bits per heavy atom. The summed E-state index contributed by atoms with van der Waals surface area (Å²) in [6.07, 6.45) is 2.60. The minimum Gasteiger partial charge on any atom is -0.323 e. The van der Waals surface area contributed by atoms with Crippen molar-refractivity contribution in [2.24, 2.45) is 11.3 Å². The molecule has 1 heterocycles. The molecule has 4 heteroatoms. The predicted molar refractivity (Wildman–Crippen MR) is 56.2 cm³/mol. The molecule has 84 valence electrons. The standard InChI is InChI=1S/C11H18N2O2/c1-7-4-10(2,3)6-11(5-7)8(14)12-9(15)13-11/h7H,4-6H2,1-3H3,(H2,12,13,14,15)/t7-,11+/m0/s1. The first-order valence-electron chi connectivity index (χ1n) is 5.47. The number of urea groups is 1. The topological polar surface area (TPSA) is 58.2 Å². The highest BCUT2D eigenvalue weighted by Crippen LogP contribution is 2.44. The monoisotopic (exact) mass is 210 g/mol. The summed E-state index contributed by atoms with van der Waals surface area (Å²) in [7, 11) is 0. The Labute approximate surface area is 89.8 Å². The molecule has 4 nitrogen and oxygen atoms in total. The fraction of sp³-hybridized carbons (Fsp3) is 0.818. The maximum Gasteiger partial charge on any atom is 0.322 e. The average Bonchev–Trinajstić information content (AvgIpc) is 2.20. The largest absolute Gasteiger partial charge is 0.323 e. The number of imide groups is 1. The lowest BCUT2D eigenvalue weighted by atomic mass is 9.64. The summed E-state index contributed by atoms with van der Waals surface area (Å²) < 4.78 is 0. The summed E-state index contributed by atoms with van der Waals surface area (Å²) >= 11 is 0.